The number of likely N-dealkylation sites (tertiary alicyclic amines) is 1. The van der Waals surface area contributed by atoms with Crippen LogP contribution >= 0.6 is 24.0 Å². The normalized spacial score (nSPS) is 22.5. The third kappa shape index (κ3) is 3.34. The molecule has 2 aliphatic rings. The molecule has 0 aromatic heterocycles. The van der Waals surface area contributed by atoms with Crippen molar-refractivity contribution in [2.24, 2.45) is 5.73 Å². The number of piperidine rings is 1. The molecule has 1 aromatic rings. The third-order valence-electron chi connectivity index (χ3n) is 3.76. The summed E-state index contributed by atoms with van der Waals surface area (Å²) in [4.78, 5) is 2.40. The lowest BCUT2D eigenvalue weighted by atomic mass is 10.0. The third-order valence-corrected chi connectivity index (χ3v) is 3.98. The van der Waals surface area contributed by atoms with Crippen LogP contribution in [0.1, 0.15) is 24.0 Å². The van der Waals surface area contributed by atoms with E-state index >= 15 is 0 Å². The standard InChI is InChI=1S/C14H19ClN2O.ClH/c15-12-6-10-3-5-18-14(10)11(7-12)8-17-4-1-2-13(16)9-17;/h6-7,13H,1-5,8-9,16H2;1H/t13-;/m1./s1. The van der Waals surface area contributed by atoms with Crippen molar-refractivity contribution in [3.8, 4) is 5.75 Å². The summed E-state index contributed by atoms with van der Waals surface area (Å²) in [6, 6.07) is 4.37. The van der Waals surface area contributed by atoms with Crippen LogP contribution in [0.15, 0.2) is 12.1 Å². The summed E-state index contributed by atoms with van der Waals surface area (Å²) >= 11 is 6.18. The highest BCUT2D eigenvalue weighted by atomic mass is 35.5. The molecule has 0 spiro atoms. The molecule has 1 atom stereocenters. The Morgan fingerprint density at radius 3 is 3.05 bits per heavy atom. The summed E-state index contributed by atoms with van der Waals surface area (Å²) in [6.45, 7) is 3.77. The molecule has 5 heteroatoms. The Hall–Kier alpha value is -0.480. The molecule has 2 heterocycles. The van der Waals surface area contributed by atoms with E-state index in [1.807, 2.05) is 12.1 Å². The molecule has 3 nitrogen and oxygen atoms in total. The van der Waals surface area contributed by atoms with Gasteiger partial charge in [0.05, 0.1) is 6.61 Å². The van der Waals surface area contributed by atoms with Crippen molar-refractivity contribution in [1.82, 2.24) is 4.90 Å². The Morgan fingerprint density at radius 1 is 1.42 bits per heavy atom. The van der Waals surface area contributed by atoms with Gasteiger partial charge in [0, 0.05) is 36.1 Å². The fraction of sp³-hybridized carbons (Fsp3) is 0.571. The predicted octanol–water partition coefficient (Wildman–Crippen LogP) is 2.62. The van der Waals surface area contributed by atoms with Gasteiger partial charge in [-0.15, -0.1) is 12.4 Å². The summed E-state index contributed by atoms with van der Waals surface area (Å²) in [5, 5.41) is 0.815. The molecule has 19 heavy (non-hydrogen) atoms. The number of nitrogens with zero attached hydrogens (tertiary/aromatic N) is 1. The van der Waals surface area contributed by atoms with Crippen molar-refractivity contribution in [3.63, 3.8) is 0 Å². The fourth-order valence-electron chi connectivity index (χ4n) is 2.94. The minimum atomic E-state index is 0. The van der Waals surface area contributed by atoms with E-state index < -0.39 is 0 Å². The second-order valence-electron chi connectivity index (χ2n) is 5.29. The number of fused-ring (bicyclic) bond motifs is 1. The lowest BCUT2D eigenvalue weighted by Crippen LogP contribution is -2.42. The van der Waals surface area contributed by atoms with Crippen LogP contribution in [-0.4, -0.2) is 30.6 Å². The molecular weight excluding hydrogens is 283 g/mol. The zero-order valence-corrected chi connectivity index (χ0v) is 12.5. The van der Waals surface area contributed by atoms with Gasteiger partial charge in [-0.25, -0.2) is 0 Å². The number of ether oxygens (including phenoxy) is 1. The van der Waals surface area contributed by atoms with Crippen LogP contribution in [0.4, 0.5) is 0 Å². The highest BCUT2D eigenvalue weighted by molar-refractivity contribution is 6.30. The van der Waals surface area contributed by atoms with Gasteiger partial charge in [-0.05, 0) is 37.1 Å². The van der Waals surface area contributed by atoms with Crippen LogP contribution in [-0.2, 0) is 13.0 Å². The lowest BCUT2D eigenvalue weighted by molar-refractivity contribution is 0.199. The first kappa shape index (κ1) is 14.9. The van der Waals surface area contributed by atoms with Crippen LogP contribution in [0.25, 0.3) is 0 Å². The maximum atomic E-state index is 6.18. The van der Waals surface area contributed by atoms with Gasteiger partial charge in [0.2, 0.25) is 0 Å². The first-order valence-electron chi connectivity index (χ1n) is 6.64. The minimum Gasteiger partial charge on any atom is -0.493 e. The van der Waals surface area contributed by atoms with Gasteiger partial charge in [-0.2, -0.15) is 0 Å². The van der Waals surface area contributed by atoms with Gasteiger partial charge in [-0.1, -0.05) is 11.6 Å². The average molecular weight is 303 g/mol. The topological polar surface area (TPSA) is 38.5 Å². The largest absolute Gasteiger partial charge is 0.493 e. The van der Waals surface area contributed by atoms with Crippen molar-refractivity contribution >= 4 is 24.0 Å². The molecule has 0 saturated carbocycles. The molecule has 2 aliphatic heterocycles. The van der Waals surface area contributed by atoms with E-state index in [0.717, 1.165) is 49.9 Å². The van der Waals surface area contributed by atoms with E-state index in [-0.39, 0.29) is 12.4 Å². The predicted molar refractivity (Wildman–Crippen MR) is 80.4 cm³/mol. The van der Waals surface area contributed by atoms with Crippen molar-refractivity contribution in [1.29, 1.82) is 0 Å². The van der Waals surface area contributed by atoms with Crippen LogP contribution < -0.4 is 10.5 Å². The summed E-state index contributed by atoms with van der Waals surface area (Å²) in [7, 11) is 0. The van der Waals surface area contributed by atoms with Crippen LogP contribution in [0.3, 0.4) is 0 Å². The van der Waals surface area contributed by atoms with E-state index in [0.29, 0.717) is 6.04 Å². The molecule has 2 N–H and O–H groups in total. The molecule has 0 aliphatic carbocycles. The Balaban J connectivity index is 0.00000133. The summed E-state index contributed by atoms with van der Waals surface area (Å²) < 4.78 is 5.74. The SMILES string of the molecule is Cl.N[C@@H]1CCCN(Cc2cc(Cl)cc3c2OCC3)C1. The first-order valence-corrected chi connectivity index (χ1v) is 7.02. The number of benzene rings is 1. The summed E-state index contributed by atoms with van der Waals surface area (Å²) in [6.07, 6.45) is 3.30. The monoisotopic (exact) mass is 302 g/mol. The molecule has 0 radical (unpaired) electrons. The fourth-order valence-corrected chi connectivity index (χ4v) is 3.20. The molecular formula is C14H20Cl2N2O. The Bertz CT molecular complexity index is 453. The molecule has 0 unspecified atom stereocenters. The maximum Gasteiger partial charge on any atom is 0.127 e. The number of hydrogen-bond donors (Lipinski definition) is 1. The first-order chi connectivity index (χ1) is 8.72. The zero-order chi connectivity index (χ0) is 12.5. The highest BCUT2D eigenvalue weighted by Gasteiger charge is 2.22. The van der Waals surface area contributed by atoms with Gasteiger partial charge >= 0.3 is 0 Å². The summed E-state index contributed by atoms with van der Waals surface area (Å²) in [5.41, 5.74) is 8.48. The Kier molecular flexibility index (Phi) is 4.96. The second kappa shape index (κ2) is 6.31. The number of halogens is 2. The number of hydrogen-bond acceptors (Lipinski definition) is 3. The Morgan fingerprint density at radius 2 is 2.26 bits per heavy atom. The van der Waals surface area contributed by atoms with E-state index in [2.05, 4.69) is 4.90 Å². The Labute approximate surface area is 125 Å². The van der Waals surface area contributed by atoms with Crippen LogP contribution in [0.2, 0.25) is 5.02 Å². The highest BCUT2D eigenvalue weighted by Crippen LogP contribution is 2.33. The van der Waals surface area contributed by atoms with Gasteiger partial charge < -0.3 is 10.5 Å². The molecule has 1 fully saturated rings. The van der Waals surface area contributed by atoms with Crippen molar-refractivity contribution < 1.29 is 4.74 Å². The average Bonchev–Trinajstić information content (AvgIpc) is 2.77. The molecule has 1 saturated heterocycles. The van der Waals surface area contributed by atoms with Gasteiger partial charge in [0.15, 0.2) is 0 Å². The van der Waals surface area contributed by atoms with E-state index in [1.54, 1.807) is 0 Å². The van der Waals surface area contributed by atoms with E-state index in [1.165, 1.54) is 17.5 Å². The van der Waals surface area contributed by atoms with Crippen molar-refractivity contribution in [2.45, 2.75) is 31.8 Å². The number of nitrogens with two attached hydrogens (primary N) is 1. The van der Waals surface area contributed by atoms with Gasteiger partial charge in [0.25, 0.3) is 0 Å². The van der Waals surface area contributed by atoms with Gasteiger partial charge in [-0.3, -0.25) is 4.90 Å². The van der Waals surface area contributed by atoms with E-state index in [9.17, 15) is 0 Å². The molecule has 1 aromatic carbocycles. The number of rotatable bonds is 2. The lowest BCUT2D eigenvalue weighted by Gasteiger charge is -2.31. The van der Waals surface area contributed by atoms with Crippen molar-refractivity contribution in [2.75, 3.05) is 19.7 Å². The quantitative estimate of drug-likeness (QED) is 0.913. The maximum absolute atomic E-state index is 6.18. The smallest absolute Gasteiger partial charge is 0.127 e. The summed E-state index contributed by atoms with van der Waals surface area (Å²) in [5.74, 6) is 1.05. The zero-order valence-electron chi connectivity index (χ0n) is 10.9. The molecule has 106 valence electrons. The molecule has 0 bridgehead atoms. The van der Waals surface area contributed by atoms with Gasteiger partial charge in [0.1, 0.15) is 5.75 Å². The van der Waals surface area contributed by atoms with E-state index in [4.69, 9.17) is 22.1 Å². The second-order valence-corrected chi connectivity index (χ2v) is 5.73. The molecule has 0 amide bonds. The molecule has 3 rings (SSSR count). The van der Waals surface area contributed by atoms with Crippen molar-refractivity contribution in [3.05, 3.63) is 28.3 Å². The minimum absolute atomic E-state index is 0. The van der Waals surface area contributed by atoms with Crippen LogP contribution in [0.5, 0.6) is 5.75 Å². The van der Waals surface area contributed by atoms with Crippen LogP contribution in [0, 0.1) is 0 Å².